The van der Waals surface area contributed by atoms with Crippen molar-refractivity contribution in [3.05, 3.63) is 219 Å². The number of thiophene rings is 2. The molecule has 12 rings (SSSR count). The maximum atomic E-state index is 6.58. The van der Waals surface area contributed by atoms with E-state index in [0.717, 1.165) is 61.8 Å². The third-order valence-electron chi connectivity index (χ3n) is 11.9. The van der Waals surface area contributed by atoms with Gasteiger partial charge in [-0.1, -0.05) is 122 Å². The highest BCUT2D eigenvalue weighted by atomic mass is 32.1. The fraction of sp³-hybridized carbons (Fsp3) is 0.0175. The summed E-state index contributed by atoms with van der Waals surface area (Å²) < 4.78 is 17.9. The van der Waals surface area contributed by atoms with Gasteiger partial charge in [0.2, 0.25) is 0 Å². The summed E-state index contributed by atoms with van der Waals surface area (Å²) in [6.45, 7) is 4.44. The molecule has 12 aromatic rings. The number of benzene rings is 9. The first kappa shape index (κ1) is 37.1. The largest absolute Gasteiger partial charge is 0.487 e. The van der Waals surface area contributed by atoms with E-state index >= 15 is 0 Å². The van der Waals surface area contributed by atoms with Crippen LogP contribution in [-0.4, -0.2) is 6.61 Å². The predicted molar refractivity (Wildman–Crippen MR) is 270 cm³/mol. The Balaban J connectivity index is 0.972. The van der Waals surface area contributed by atoms with Crippen LogP contribution >= 0.6 is 22.7 Å². The highest BCUT2D eigenvalue weighted by Gasteiger charge is 2.22. The maximum Gasteiger partial charge on any atom is 0.159 e. The first-order valence-electron chi connectivity index (χ1n) is 21.0. The zero-order chi connectivity index (χ0) is 41.9. The van der Waals surface area contributed by atoms with Gasteiger partial charge in [-0.05, 0) is 102 Å². The van der Waals surface area contributed by atoms with E-state index in [9.17, 15) is 0 Å². The van der Waals surface area contributed by atoms with Gasteiger partial charge in [0.1, 0.15) is 17.9 Å². The summed E-state index contributed by atoms with van der Waals surface area (Å²) in [5.41, 5.74) is 8.05. The molecule has 300 valence electrons. The Morgan fingerprint density at radius 3 is 1.75 bits per heavy atom. The van der Waals surface area contributed by atoms with Gasteiger partial charge >= 0.3 is 0 Å². The van der Waals surface area contributed by atoms with Crippen LogP contribution in [0.15, 0.2) is 223 Å². The smallest absolute Gasteiger partial charge is 0.159 e. The second kappa shape index (κ2) is 15.4. The van der Waals surface area contributed by atoms with E-state index in [2.05, 4.69) is 168 Å². The first-order valence-corrected chi connectivity index (χ1v) is 22.7. The molecule has 0 N–H and O–H groups in total. The van der Waals surface area contributed by atoms with Crippen molar-refractivity contribution in [2.24, 2.45) is 0 Å². The molecule has 3 heterocycles. The molecule has 0 saturated carbocycles. The molecule has 3 aromatic heterocycles. The number of hydrogen-bond donors (Lipinski definition) is 0. The molecule has 0 spiro atoms. The number of furan rings is 1. The number of fused-ring (bicyclic) bond motifs is 12. The van der Waals surface area contributed by atoms with E-state index in [1.165, 1.54) is 51.1 Å². The van der Waals surface area contributed by atoms with E-state index < -0.39 is 0 Å². The molecule has 0 aliphatic heterocycles. The molecule has 63 heavy (non-hydrogen) atoms. The topological polar surface area (TPSA) is 28.9 Å². The predicted octanol–water partition coefficient (Wildman–Crippen LogP) is 17.2. The Hall–Kier alpha value is -7.64. The molecular weight excluding hydrogens is 809 g/mol. The molecular formula is C57H38N2O2S2. The van der Waals surface area contributed by atoms with Crippen molar-refractivity contribution in [1.29, 1.82) is 0 Å². The van der Waals surface area contributed by atoms with Crippen LogP contribution in [0.1, 0.15) is 0 Å². The van der Waals surface area contributed by atoms with Gasteiger partial charge in [-0.2, -0.15) is 0 Å². The van der Waals surface area contributed by atoms with Crippen LogP contribution in [0.5, 0.6) is 5.75 Å². The van der Waals surface area contributed by atoms with Crippen LogP contribution < -0.4 is 14.5 Å². The molecule has 0 unspecified atom stereocenters. The van der Waals surface area contributed by atoms with Crippen LogP contribution in [0.2, 0.25) is 0 Å². The summed E-state index contributed by atoms with van der Waals surface area (Å²) in [6, 6.07) is 68.9. The van der Waals surface area contributed by atoms with E-state index in [1.54, 1.807) is 0 Å². The minimum Gasteiger partial charge on any atom is -0.487 e. The summed E-state index contributed by atoms with van der Waals surface area (Å²) in [4.78, 5) is 4.60. The van der Waals surface area contributed by atoms with E-state index in [-0.39, 0.29) is 0 Å². The first-order chi connectivity index (χ1) is 31.2. The molecule has 4 nitrogen and oxygen atoms in total. The van der Waals surface area contributed by atoms with E-state index in [0.29, 0.717) is 6.61 Å². The van der Waals surface area contributed by atoms with Crippen LogP contribution in [0, 0.1) is 0 Å². The van der Waals surface area contributed by atoms with Crippen molar-refractivity contribution in [3.63, 3.8) is 0 Å². The fourth-order valence-corrected chi connectivity index (χ4v) is 11.5. The van der Waals surface area contributed by atoms with Crippen molar-refractivity contribution in [2.75, 3.05) is 16.4 Å². The lowest BCUT2D eigenvalue weighted by Crippen LogP contribution is -2.21. The quantitative estimate of drug-likeness (QED) is 0.128. The van der Waals surface area contributed by atoms with Crippen molar-refractivity contribution in [2.45, 2.75) is 0 Å². The molecule has 0 saturated heterocycles. The van der Waals surface area contributed by atoms with Gasteiger partial charge < -0.3 is 19.0 Å². The second-order valence-corrected chi connectivity index (χ2v) is 17.8. The molecule has 0 aliphatic rings. The van der Waals surface area contributed by atoms with Crippen LogP contribution in [0.4, 0.5) is 28.4 Å². The van der Waals surface area contributed by atoms with E-state index in [4.69, 9.17) is 9.15 Å². The van der Waals surface area contributed by atoms with Gasteiger partial charge in [0.15, 0.2) is 5.58 Å². The fourth-order valence-electron chi connectivity index (χ4n) is 9.18. The van der Waals surface area contributed by atoms with Gasteiger partial charge in [-0.15, -0.1) is 22.7 Å². The lowest BCUT2D eigenvalue weighted by Gasteiger charge is -2.28. The van der Waals surface area contributed by atoms with Crippen LogP contribution in [-0.2, 0) is 0 Å². The monoisotopic (exact) mass is 846 g/mol. The van der Waals surface area contributed by atoms with Crippen molar-refractivity contribution < 1.29 is 9.15 Å². The third kappa shape index (κ3) is 6.34. The molecule has 0 radical (unpaired) electrons. The molecule has 0 bridgehead atoms. The van der Waals surface area contributed by atoms with E-state index in [1.807, 2.05) is 77.3 Å². The SMILES string of the molecule is C=C/C=C(\COc1ccccc1)N(c1ccccc1)c1ccc2c(c1)sc1ccc3c(ccc4sc5cc(N(c6ccccc6)c6cccc7c6oc6ccccc67)ccc5c43)c12. The highest BCUT2D eigenvalue weighted by Crippen LogP contribution is 2.48. The maximum absolute atomic E-state index is 6.58. The third-order valence-corrected chi connectivity index (χ3v) is 14.2. The Morgan fingerprint density at radius 1 is 0.492 bits per heavy atom. The summed E-state index contributed by atoms with van der Waals surface area (Å²) in [7, 11) is 0. The van der Waals surface area contributed by atoms with Gasteiger partial charge in [-0.3, -0.25) is 0 Å². The minimum atomic E-state index is 0.383. The summed E-state index contributed by atoms with van der Waals surface area (Å²) in [5.74, 6) is 0.825. The number of para-hydroxylation sites is 5. The highest BCUT2D eigenvalue weighted by molar-refractivity contribution is 7.26. The Labute approximate surface area is 372 Å². The normalized spacial score (nSPS) is 12.0. The average molecular weight is 847 g/mol. The standard InChI is InChI=1S/C57H38N2O2S2/c1-2-15-41(36-60-42-20-10-5-11-21-42)58(37-16-6-3-7-17-37)39-26-28-47-53(34-39)62-51-32-30-45-44(55(47)51)31-33-52-56(45)48-29-27-40(35-54(48)63-52)59(38-18-8-4-9-19-38)49-24-14-23-46-43-22-12-13-25-50(43)61-57(46)49/h2-35H,1,36H2/b41-15+. The number of allylic oxidation sites excluding steroid dienone is 2. The minimum absolute atomic E-state index is 0.383. The number of anilines is 5. The van der Waals surface area contributed by atoms with Crippen molar-refractivity contribution in [1.82, 2.24) is 0 Å². The average Bonchev–Trinajstić information content (AvgIpc) is 4.03. The molecule has 9 aromatic carbocycles. The van der Waals surface area contributed by atoms with Gasteiger partial charge in [0, 0.05) is 73.9 Å². The van der Waals surface area contributed by atoms with Gasteiger partial charge in [0.05, 0.1) is 11.4 Å². The summed E-state index contributed by atoms with van der Waals surface area (Å²) >= 11 is 3.70. The zero-order valence-corrected chi connectivity index (χ0v) is 35.7. The number of hydrogen-bond acceptors (Lipinski definition) is 6. The van der Waals surface area contributed by atoms with Crippen LogP contribution in [0.3, 0.4) is 0 Å². The lowest BCUT2D eigenvalue weighted by atomic mass is 9.99. The molecule has 0 atom stereocenters. The number of nitrogens with zero attached hydrogens (tertiary/aromatic N) is 2. The molecule has 6 heteroatoms. The molecule has 0 fully saturated rings. The molecule has 0 amide bonds. The summed E-state index contributed by atoms with van der Waals surface area (Å²) in [6.07, 6.45) is 3.87. The van der Waals surface area contributed by atoms with Gasteiger partial charge in [-0.25, -0.2) is 0 Å². The van der Waals surface area contributed by atoms with Crippen molar-refractivity contribution in [3.8, 4) is 5.75 Å². The summed E-state index contributed by atoms with van der Waals surface area (Å²) in [5, 5.41) is 9.89. The lowest BCUT2D eigenvalue weighted by molar-refractivity contribution is 0.350. The van der Waals surface area contributed by atoms with Crippen LogP contribution in [0.25, 0.3) is 73.1 Å². The Kier molecular flexibility index (Phi) is 9.06. The van der Waals surface area contributed by atoms with Gasteiger partial charge in [0.25, 0.3) is 0 Å². The zero-order valence-electron chi connectivity index (χ0n) is 34.1. The number of ether oxygens (including phenoxy) is 1. The van der Waals surface area contributed by atoms with Crippen molar-refractivity contribution >= 4 is 124 Å². The Bertz CT molecular complexity index is 3720. The Morgan fingerprint density at radius 2 is 1.06 bits per heavy atom. The second-order valence-electron chi connectivity index (χ2n) is 15.6. The molecule has 0 aliphatic carbocycles. The number of rotatable bonds is 10.